The maximum absolute atomic E-state index is 12.9. The lowest BCUT2D eigenvalue weighted by atomic mass is 9.91. The molecule has 2 aromatic carbocycles. The van der Waals surface area contributed by atoms with Crippen molar-refractivity contribution in [2.75, 3.05) is 0 Å². The number of carbonyl (C=O) groups is 3. The van der Waals surface area contributed by atoms with E-state index in [1.54, 1.807) is 48.5 Å². The Hall–Kier alpha value is -3.49. The third-order valence-electron chi connectivity index (χ3n) is 7.88. The van der Waals surface area contributed by atoms with Crippen molar-refractivity contribution in [2.45, 2.75) is 121 Å². The van der Waals surface area contributed by atoms with E-state index in [1.807, 2.05) is 0 Å². The summed E-state index contributed by atoms with van der Waals surface area (Å²) in [6.07, 6.45) is 13.2. The first-order valence-corrected chi connectivity index (χ1v) is 16.2. The van der Waals surface area contributed by atoms with Crippen LogP contribution in [0.15, 0.2) is 72.8 Å². The highest BCUT2D eigenvalue weighted by Crippen LogP contribution is 2.32. The van der Waals surface area contributed by atoms with Gasteiger partial charge in [-0.2, -0.15) is 0 Å². The summed E-state index contributed by atoms with van der Waals surface area (Å²) in [6.45, 7) is 2.23. The SMILES string of the molecule is CCCCCCCCCCCCCCCC(=O)O[C@@H]1C=C[C@@H](OC(=O)c2ccccc2)[C@H](O)[C@]1(O)OC(=O)c1ccccc1. The van der Waals surface area contributed by atoms with Crippen LogP contribution >= 0.6 is 0 Å². The van der Waals surface area contributed by atoms with Gasteiger partial charge in [-0.15, -0.1) is 0 Å². The normalized spacial score (nSPS) is 21.0. The summed E-state index contributed by atoms with van der Waals surface area (Å²) in [4.78, 5) is 38.3. The van der Waals surface area contributed by atoms with E-state index in [4.69, 9.17) is 14.2 Å². The summed E-state index contributed by atoms with van der Waals surface area (Å²) in [5.41, 5.74) is 0.363. The number of rotatable bonds is 19. The zero-order valence-electron chi connectivity index (χ0n) is 25.9. The predicted octanol–water partition coefficient (Wildman–Crippen LogP) is 7.08. The van der Waals surface area contributed by atoms with Gasteiger partial charge in [-0.3, -0.25) is 4.79 Å². The van der Waals surface area contributed by atoms with E-state index in [0.29, 0.717) is 6.42 Å². The Morgan fingerprint density at radius 2 is 1.14 bits per heavy atom. The largest absolute Gasteiger partial charge is 0.451 e. The Morgan fingerprint density at radius 3 is 1.66 bits per heavy atom. The molecule has 2 N–H and O–H groups in total. The minimum Gasteiger partial charge on any atom is -0.451 e. The lowest BCUT2D eigenvalue weighted by molar-refractivity contribution is -0.282. The molecule has 1 aliphatic carbocycles. The van der Waals surface area contributed by atoms with Gasteiger partial charge in [0.25, 0.3) is 5.79 Å². The molecular weight excluding hydrogens is 560 g/mol. The molecule has 2 aromatic rings. The number of hydrogen-bond acceptors (Lipinski definition) is 8. The van der Waals surface area contributed by atoms with Crippen LogP contribution in [0.4, 0.5) is 0 Å². The van der Waals surface area contributed by atoms with Crippen LogP contribution in [-0.2, 0) is 19.0 Å². The van der Waals surface area contributed by atoms with Gasteiger partial charge in [0.2, 0.25) is 0 Å². The second kappa shape index (κ2) is 19.0. The number of aliphatic hydroxyl groups excluding tert-OH is 1. The summed E-state index contributed by atoms with van der Waals surface area (Å²) >= 11 is 0. The van der Waals surface area contributed by atoms with Gasteiger partial charge in [0.1, 0.15) is 0 Å². The molecule has 3 rings (SSSR count). The minimum atomic E-state index is -2.70. The van der Waals surface area contributed by atoms with E-state index >= 15 is 0 Å². The molecule has 0 saturated heterocycles. The van der Waals surface area contributed by atoms with Crippen LogP contribution in [0.25, 0.3) is 0 Å². The summed E-state index contributed by atoms with van der Waals surface area (Å²) in [6, 6.07) is 16.1. The van der Waals surface area contributed by atoms with Crippen molar-refractivity contribution < 1.29 is 38.8 Å². The van der Waals surface area contributed by atoms with Gasteiger partial charge in [0.15, 0.2) is 18.3 Å². The molecule has 0 aliphatic heterocycles. The maximum Gasteiger partial charge on any atom is 0.340 e. The molecule has 0 fully saturated rings. The van der Waals surface area contributed by atoms with E-state index in [2.05, 4.69) is 6.92 Å². The molecule has 240 valence electrons. The van der Waals surface area contributed by atoms with Crippen LogP contribution in [0.3, 0.4) is 0 Å². The van der Waals surface area contributed by atoms with Crippen molar-refractivity contribution >= 4 is 17.9 Å². The van der Waals surface area contributed by atoms with Crippen LogP contribution in [0.1, 0.15) is 118 Å². The molecule has 4 atom stereocenters. The lowest BCUT2D eigenvalue weighted by Gasteiger charge is -2.41. The standard InChI is InChI=1S/C36H48O8/c1-2-3-4-5-6-7-8-9-10-11-12-13-20-25-32(37)43-31-27-26-30(42-34(39)28-21-16-14-17-22-28)33(38)36(31,41)44-35(40)29-23-18-15-19-24-29/h14-19,21-24,26-27,30-31,33,38,41H,2-13,20,25H2,1H3/t30-,31-,33+,36-/m1/s1. The average molecular weight is 609 g/mol. The van der Waals surface area contributed by atoms with Crippen LogP contribution in [0, 0.1) is 0 Å². The van der Waals surface area contributed by atoms with Gasteiger partial charge in [0.05, 0.1) is 11.1 Å². The highest BCUT2D eigenvalue weighted by molar-refractivity contribution is 5.90. The fraction of sp³-hybridized carbons (Fsp3) is 0.528. The first-order valence-electron chi connectivity index (χ1n) is 16.2. The molecule has 0 heterocycles. The van der Waals surface area contributed by atoms with E-state index in [1.165, 1.54) is 82.1 Å². The first-order chi connectivity index (χ1) is 21.3. The van der Waals surface area contributed by atoms with Crippen molar-refractivity contribution in [3.8, 4) is 0 Å². The molecule has 0 saturated carbocycles. The Bertz CT molecular complexity index is 1170. The van der Waals surface area contributed by atoms with E-state index in [9.17, 15) is 24.6 Å². The summed E-state index contributed by atoms with van der Waals surface area (Å²) in [5, 5.41) is 22.6. The van der Waals surface area contributed by atoms with Crippen molar-refractivity contribution in [1.82, 2.24) is 0 Å². The van der Waals surface area contributed by atoms with E-state index in [0.717, 1.165) is 19.3 Å². The second-order valence-corrected chi connectivity index (χ2v) is 11.5. The lowest BCUT2D eigenvalue weighted by Crippen LogP contribution is -2.62. The maximum atomic E-state index is 12.9. The van der Waals surface area contributed by atoms with Gasteiger partial charge in [-0.05, 0) is 42.8 Å². The van der Waals surface area contributed by atoms with Crippen LogP contribution < -0.4 is 0 Å². The molecule has 0 spiro atoms. The number of aliphatic hydroxyl groups is 2. The van der Waals surface area contributed by atoms with Gasteiger partial charge < -0.3 is 24.4 Å². The Morgan fingerprint density at radius 1 is 0.659 bits per heavy atom. The second-order valence-electron chi connectivity index (χ2n) is 11.5. The Labute approximate surface area is 261 Å². The van der Waals surface area contributed by atoms with E-state index in [-0.39, 0.29) is 17.5 Å². The molecule has 0 unspecified atom stereocenters. The quantitative estimate of drug-likeness (QED) is 0.0571. The van der Waals surface area contributed by atoms with Crippen molar-refractivity contribution in [3.63, 3.8) is 0 Å². The molecule has 0 radical (unpaired) electrons. The third kappa shape index (κ3) is 11.2. The van der Waals surface area contributed by atoms with Crippen molar-refractivity contribution in [3.05, 3.63) is 83.9 Å². The number of ether oxygens (including phenoxy) is 3. The Balaban J connectivity index is 1.50. The summed E-state index contributed by atoms with van der Waals surface area (Å²) in [7, 11) is 0. The molecule has 44 heavy (non-hydrogen) atoms. The molecular formula is C36H48O8. The Kier molecular flexibility index (Phi) is 15.1. The molecule has 0 bridgehead atoms. The number of hydrogen-bond donors (Lipinski definition) is 2. The average Bonchev–Trinajstić information content (AvgIpc) is 3.04. The van der Waals surface area contributed by atoms with E-state index < -0.39 is 42.0 Å². The zero-order valence-corrected chi connectivity index (χ0v) is 25.9. The summed E-state index contributed by atoms with van der Waals surface area (Å²) in [5.74, 6) is -4.97. The van der Waals surface area contributed by atoms with Gasteiger partial charge >= 0.3 is 17.9 Å². The number of benzene rings is 2. The number of esters is 3. The number of carbonyl (C=O) groups excluding carboxylic acids is 3. The van der Waals surface area contributed by atoms with Gasteiger partial charge in [0, 0.05) is 6.42 Å². The topological polar surface area (TPSA) is 119 Å². The van der Waals surface area contributed by atoms with Crippen LogP contribution in [-0.4, -0.2) is 52.2 Å². The summed E-state index contributed by atoms with van der Waals surface area (Å²) < 4.78 is 16.3. The zero-order chi connectivity index (χ0) is 31.6. The monoisotopic (exact) mass is 608 g/mol. The highest BCUT2D eigenvalue weighted by Gasteiger charge is 2.55. The van der Waals surface area contributed by atoms with Gasteiger partial charge in [-0.1, -0.05) is 120 Å². The minimum absolute atomic E-state index is 0.118. The van der Waals surface area contributed by atoms with Crippen molar-refractivity contribution in [2.24, 2.45) is 0 Å². The molecule has 0 amide bonds. The van der Waals surface area contributed by atoms with Crippen LogP contribution in [0.5, 0.6) is 0 Å². The fourth-order valence-electron chi connectivity index (χ4n) is 5.24. The van der Waals surface area contributed by atoms with Gasteiger partial charge in [-0.25, -0.2) is 9.59 Å². The van der Waals surface area contributed by atoms with Crippen LogP contribution in [0.2, 0.25) is 0 Å². The molecule has 0 aromatic heterocycles. The number of unbranched alkanes of at least 4 members (excludes halogenated alkanes) is 12. The van der Waals surface area contributed by atoms with Crippen molar-refractivity contribution in [1.29, 1.82) is 0 Å². The fourth-order valence-corrected chi connectivity index (χ4v) is 5.24. The third-order valence-corrected chi connectivity index (χ3v) is 7.88. The first kappa shape index (κ1) is 35.0. The predicted molar refractivity (Wildman–Crippen MR) is 168 cm³/mol. The smallest absolute Gasteiger partial charge is 0.340 e. The molecule has 8 nitrogen and oxygen atoms in total. The molecule has 1 aliphatic rings. The molecule has 8 heteroatoms. The highest BCUT2D eigenvalue weighted by atomic mass is 16.7.